The molecule has 1 fully saturated rings. The van der Waals surface area contributed by atoms with Gasteiger partial charge in [-0.25, -0.2) is 18.1 Å². The first kappa shape index (κ1) is 31.3. The predicted octanol–water partition coefficient (Wildman–Crippen LogP) is 6.92. The lowest BCUT2D eigenvalue weighted by atomic mass is 9.86. The Labute approximate surface area is 269 Å². The van der Waals surface area contributed by atoms with Crippen LogP contribution in [0.3, 0.4) is 0 Å². The molecule has 1 aromatic heterocycles. The van der Waals surface area contributed by atoms with E-state index in [2.05, 4.69) is 32.5 Å². The van der Waals surface area contributed by atoms with E-state index in [0.29, 0.717) is 23.7 Å². The van der Waals surface area contributed by atoms with Gasteiger partial charge in [-0.3, -0.25) is 9.52 Å². The number of methoxy groups -OCH3 is 1. The highest BCUT2D eigenvalue weighted by Crippen LogP contribution is 2.46. The van der Waals surface area contributed by atoms with E-state index in [1.165, 1.54) is 12.8 Å². The van der Waals surface area contributed by atoms with Gasteiger partial charge in [-0.15, -0.1) is 0 Å². The standard InChI is InChI=1S/C34H39N7O4S/c1-21-12-13-23(33(42)36-27-17-24(34(2,3)4)18-28(32(27)45-5)38-46(6,43)44)16-30(21)40-20-29(37-39-40)26-19-35-41(31(26)22-14-15-22)25-10-8-7-9-11-25/h7-13,16-19,22,29,38H,14-15,20H2,1-6H3,(H,36,42). The number of carbonyl (C=O) groups excluding carboxylic acids is 1. The first-order chi connectivity index (χ1) is 21.8. The van der Waals surface area contributed by atoms with Gasteiger partial charge in [-0.05, 0) is 72.7 Å². The third-order valence-electron chi connectivity index (χ3n) is 8.26. The van der Waals surface area contributed by atoms with Gasteiger partial charge in [0.2, 0.25) is 10.0 Å². The van der Waals surface area contributed by atoms with Crippen LogP contribution in [0.5, 0.6) is 5.75 Å². The number of hydrogen-bond acceptors (Lipinski definition) is 8. The normalized spacial score (nSPS) is 16.5. The van der Waals surface area contributed by atoms with Crippen LogP contribution >= 0.6 is 0 Å². The molecular formula is C34H39N7O4S. The second kappa shape index (κ2) is 11.9. The second-order valence-electron chi connectivity index (χ2n) is 13.0. The number of rotatable bonds is 9. The van der Waals surface area contributed by atoms with E-state index < -0.39 is 10.0 Å². The van der Waals surface area contributed by atoms with E-state index in [9.17, 15) is 13.2 Å². The fourth-order valence-corrected chi connectivity index (χ4v) is 6.26. The lowest BCUT2D eigenvalue weighted by Gasteiger charge is -2.24. The molecule has 240 valence electrons. The highest BCUT2D eigenvalue weighted by atomic mass is 32.2. The molecule has 1 atom stereocenters. The SMILES string of the molecule is COc1c(NC(=O)c2ccc(C)c(N3CC(c4cnn(-c5ccccc5)c4C4CC4)N=N3)c2)cc(C(C)(C)C)cc1NS(C)(=O)=O. The van der Waals surface area contributed by atoms with Gasteiger partial charge in [0.1, 0.15) is 6.04 Å². The van der Waals surface area contributed by atoms with Crippen molar-refractivity contribution in [3.05, 3.63) is 94.8 Å². The number of anilines is 3. The molecule has 3 aromatic carbocycles. The van der Waals surface area contributed by atoms with Crippen LogP contribution in [0, 0.1) is 6.92 Å². The molecule has 46 heavy (non-hydrogen) atoms. The summed E-state index contributed by atoms with van der Waals surface area (Å²) in [4.78, 5) is 13.7. The zero-order valence-corrected chi connectivity index (χ0v) is 27.7. The molecule has 1 aliphatic carbocycles. The molecule has 1 saturated carbocycles. The van der Waals surface area contributed by atoms with Crippen molar-refractivity contribution in [2.24, 2.45) is 10.3 Å². The minimum absolute atomic E-state index is 0.185. The van der Waals surface area contributed by atoms with Crippen LogP contribution in [0.1, 0.15) is 78.3 Å². The van der Waals surface area contributed by atoms with Crippen LogP contribution in [0.25, 0.3) is 5.69 Å². The zero-order valence-electron chi connectivity index (χ0n) is 26.9. The quantitative estimate of drug-likeness (QED) is 0.204. The highest BCUT2D eigenvalue weighted by molar-refractivity contribution is 7.92. The molecule has 0 spiro atoms. The van der Waals surface area contributed by atoms with E-state index >= 15 is 0 Å². The Kier molecular flexibility index (Phi) is 8.09. The van der Waals surface area contributed by atoms with Crippen molar-refractivity contribution < 1.29 is 17.9 Å². The van der Waals surface area contributed by atoms with E-state index in [0.717, 1.165) is 47.2 Å². The topological polar surface area (TPSA) is 130 Å². The van der Waals surface area contributed by atoms with Crippen LogP contribution < -0.4 is 19.8 Å². The average molecular weight is 642 g/mol. The summed E-state index contributed by atoms with van der Waals surface area (Å²) in [7, 11) is -2.17. The number of aromatic nitrogens is 2. The number of para-hydroxylation sites is 1. The maximum absolute atomic E-state index is 13.7. The van der Waals surface area contributed by atoms with Gasteiger partial charge < -0.3 is 10.1 Å². The van der Waals surface area contributed by atoms with Crippen molar-refractivity contribution in [3.63, 3.8) is 0 Å². The Bertz CT molecular complexity index is 1930. The number of hydrogen-bond donors (Lipinski definition) is 2. The average Bonchev–Trinajstić information content (AvgIpc) is 3.54. The molecule has 0 radical (unpaired) electrons. The number of carbonyl (C=O) groups is 1. The monoisotopic (exact) mass is 641 g/mol. The number of sulfonamides is 1. The molecule has 2 N–H and O–H groups in total. The number of aryl methyl sites for hydroxylation is 1. The number of nitrogens with zero attached hydrogens (tertiary/aromatic N) is 5. The summed E-state index contributed by atoms with van der Waals surface area (Å²) in [5.41, 5.74) is 6.54. The van der Waals surface area contributed by atoms with Gasteiger partial charge >= 0.3 is 0 Å². The molecule has 1 aliphatic heterocycles. The van der Waals surface area contributed by atoms with Gasteiger partial charge in [-0.1, -0.05) is 50.3 Å². The third-order valence-corrected chi connectivity index (χ3v) is 8.85. The van der Waals surface area contributed by atoms with Crippen LogP contribution in [-0.4, -0.2) is 44.0 Å². The van der Waals surface area contributed by atoms with E-state index in [1.54, 1.807) is 18.2 Å². The summed E-state index contributed by atoms with van der Waals surface area (Å²) in [5, 5.41) is 18.7. The number of ether oxygens (including phenoxy) is 1. The number of amides is 1. The lowest BCUT2D eigenvalue weighted by Crippen LogP contribution is -2.20. The summed E-state index contributed by atoms with van der Waals surface area (Å²) >= 11 is 0. The summed E-state index contributed by atoms with van der Waals surface area (Å²) in [6.45, 7) is 8.52. The number of benzene rings is 3. The summed E-state index contributed by atoms with van der Waals surface area (Å²) in [6.07, 6.45) is 5.25. The summed E-state index contributed by atoms with van der Waals surface area (Å²) in [5.74, 6) is 0.305. The van der Waals surface area contributed by atoms with Crippen molar-refractivity contribution in [2.75, 3.05) is 35.0 Å². The van der Waals surface area contributed by atoms with Crippen molar-refractivity contribution in [1.29, 1.82) is 0 Å². The summed E-state index contributed by atoms with van der Waals surface area (Å²) < 4.78 is 34.4. The smallest absolute Gasteiger partial charge is 0.255 e. The summed E-state index contributed by atoms with van der Waals surface area (Å²) in [6, 6.07) is 18.9. The number of nitrogens with one attached hydrogen (secondary N) is 2. The molecule has 1 amide bonds. The van der Waals surface area contributed by atoms with Gasteiger partial charge in [0.15, 0.2) is 5.75 Å². The Morgan fingerprint density at radius 3 is 2.39 bits per heavy atom. The van der Waals surface area contributed by atoms with Crippen molar-refractivity contribution in [2.45, 2.75) is 57.9 Å². The van der Waals surface area contributed by atoms with Crippen LogP contribution in [0.2, 0.25) is 0 Å². The zero-order chi connectivity index (χ0) is 32.8. The molecule has 0 saturated heterocycles. The van der Waals surface area contributed by atoms with Crippen LogP contribution in [0.4, 0.5) is 17.1 Å². The fourth-order valence-electron chi connectivity index (χ4n) is 5.71. The minimum Gasteiger partial charge on any atom is -0.492 e. The van der Waals surface area contributed by atoms with E-state index in [4.69, 9.17) is 9.84 Å². The first-order valence-electron chi connectivity index (χ1n) is 15.3. The predicted molar refractivity (Wildman–Crippen MR) is 180 cm³/mol. The maximum atomic E-state index is 13.7. The third kappa shape index (κ3) is 6.48. The van der Waals surface area contributed by atoms with Gasteiger partial charge in [0.05, 0.1) is 54.6 Å². The molecule has 11 nitrogen and oxygen atoms in total. The molecule has 6 rings (SSSR count). The fraction of sp³-hybridized carbons (Fsp3) is 0.353. The minimum atomic E-state index is -3.60. The Balaban J connectivity index is 1.26. The Morgan fingerprint density at radius 1 is 1.02 bits per heavy atom. The van der Waals surface area contributed by atoms with Crippen molar-refractivity contribution in [1.82, 2.24) is 9.78 Å². The highest BCUT2D eigenvalue weighted by Gasteiger charge is 2.35. The Morgan fingerprint density at radius 2 is 1.74 bits per heavy atom. The van der Waals surface area contributed by atoms with Crippen molar-refractivity contribution >= 4 is 33.0 Å². The molecule has 1 unspecified atom stereocenters. The molecule has 2 aliphatic rings. The maximum Gasteiger partial charge on any atom is 0.255 e. The van der Waals surface area contributed by atoms with E-state index in [1.807, 2.05) is 73.9 Å². The lowest BCUT2D eigenvalue weighted by molar-refractivity contribution is 0.102. The van der Waals surface area contributed by atoms with Crippen LogP contribution in [-0.2, 0) is 15.4 Å². The molecule has 12 heteroatoms. The van der Waals surface area contributed by atoms with E-state index in [-0.39, 0.29) is 28.8 Å². The largest absolute Gasteiger partial charge is 0.492 e. The van der Waals surface area contributed by atoms with Gasteiger partial charge in [0, 0.05) is 17.0 Å². The molecule has 0 bridgehead atoms. The molecule has 4 aromatic rings. The Hall–Kier alpha value is -4.71. The van der Waals surface area contributed by atoms with Gasteiger partial charge in [0.25, 0.3) is 5.91 Å². The van der Waals surface area contributed by atoms with Crippen LogP contribution in [0.15, 0.2) is 77.2 Å². The van der Waals surface area contributed by atoms with Crippen molar-refractivity contribution in [3.8, 4) is 11.4 Å². The molecule has 2 heterocycles. The molecular weight excluding hydrogens is 602 g/mol. The van der Waals surface area contributed by atoms with Gasteiger partial charge in [-0.2, -0.15) is 10.2 Å². The second-order valence-corrected chi connectivity index (χ2v) is 14.7. The first-order valence-corrected chi connectivity index (χ1v) is 17.2.